The molecular weight excluding hydrogens is 426 g/mol. The number of nitro benzene ring substituents is 1. The molecule has 26 heavy (non-hydrogen) atoms. The molecule has 1 amide bonds. The van der Waals surface area contributed by atoms with E-state index in [1.165, 1.54) is 7.05 Å². The van der Waals surface area contributed by atoms with E-state index in [-0.39, 0.29) is 10.6 Å². The van der Waals surface area contributed by atoms with Gasteiger partial charge in [0.15, 0.2) is 0 Å². The fourth-order valence-corrected chi connectivity index (χ4v) is 3.77. The van der Waals surface area contributed by atoms with E-state index in [9.17, 15) is 23.3 Å². The number of rotatable bonds is 6. The van der Waals surface area contributed by atoms with Crippen molar-refractivity contribution in [1.82, 2.24) is 4.31 Å². The first-order valence-electron chi connectivity index (χ1n) is 7.38. The Morgan fingerprint density at radius 3 is 2.38 bits per heavy atom. The Kier molecular flexibility index (Phi) is 6.11. The number of carbonyl (C=O) groups excluding carboxylic acids is 1. The van der Waals surface area contributed by atoms with Crippen LogP contribution in [0.4, 0.5) is 11.4 Å². The molecule has 138 valence electrons. The van der Waals surface area contributed by atoms with Gasteiger partial charge in [-0.05, 0) is 42.8 Å². The largest absolute Gasteiger partial charge is 0.325 e. The Morgan fingerprint density at radius 2 is 1.85 bits per heavy atom. The minimum atomic E-state index is -3.94. The van der Waals surface area contributed by atoms with Crippen molar-refractivity contribution in [2.75, 3.05) is 18.9 Å². The van der Waals surface area contributed by atoms with Gasteiger partial charge in [-0.15, -0.1) is 0 Å². The van der Waals surface area contributed by atoms with Gasteiger partial charge in [0.2, 0.25) is 15.9 Å². The average molecular weight is 442 g/mol. The summed E-state index contributed by atoms with van der Waals surface area (Å²) in [5.41, 5.74) is 1.20. The molecule has 0 aliphatic heterocycles. The van der Waals surface area contributed by atoms with E-state index < -0.39 is 27.4 Å². The first-order valence-corrected chi connectivity index (χ1v) is 9.61. The molecular formula is C16H16BrN3O5S. The summed E-state index contributed by atoms with van der Waals surface area (Å²) in [5, 5.41) is 13.3. The molecule has 0 unspecified atom stereocenters. The van der Waals surface area contributed by atoms with Crippen LogP contribution in [0.2, 0.25) is 0 Å². The van der Waals surface area contributed by atoms with Gasteiger partial charge in [0.25, 0.3) is 5.69 Å². The fourth-order valence-electron chi connectivity index (χ4n) is 2.16. The summed E-state index contributed by atoms with van der Waals surface area (Å²) in [4.78, 5) is 22.1. The standard InChI is InChI=1S/C16H16BrN3O5S/c1-11-9-12(17)3-8-15(11)18-16(21)10-19(2)26(24,25)14-6-4-13(5-7-14)20(22)23/h3-9H,10H2,1-2H3,(H,18,21). The number of nitrogens with zero attached hydrogens (tertiary/aromatic N) is 2. The summed E-state index contributed by atoms with van der Waals surface area (Å²) < 4.78 is 26.7. The number of halogens is 1. The molecule has 10 heteroatoms. The lowest BCUT2D eigenvalue weighted by Crippen LogP contribution is -2.35. The molecule has 0 heterocycles. The number of anilines is 1. The Balaban J connectivity index is 2.10. The van der Waals surface area contributed by atoms with Gasteiger partial charge in [0, 0.05) is 29.3 Å². The number of hydrogen-bond donors (Lipinski definition) is 1. The number of non-ortho nitro benzene ring substituents is 1. The molecule has 0 radical (unpaired) electrons. The number of sulfonamides is 1. The van der Waals surface area contributed by atoms with Crippen LogP contribution in [-0.2, 0) is 14.8 Å². The van der Waals surface area contributed by atoms with Gasteiger partial charge in [0.1, 0.15) is 0 Å². The van der Waals surface area contributed by atoms with Gasteiger partial charge in [-0.1, -0.05) is 15.9 Å². The zero-order valence-corrected chi connectivity index (χ0v) is 16.4. The van der Waals surface area contributed by atoms with Gasteiger partial charge in [0.05, 0.1) is 16.4 Å². The highest BCUT2D eigenvalue weighted by Gasteiger charge is 2.24. The van der Waals surface area contributed by atoms with E-state index in [0.29, 0.717) is 5.69 Å². The average Bonchev–Trinajstić information content (AvgIpc) is 2.57. The summed E-state index contributed by atoms with van der Waals surface area (Å²) in [6, 6.07) is 9.79. The topological polar surface area (TPSA) is 110 Å². The monoisotopic (exact) mass is 441 g/mol. The lowest BCUT2D eigenvalue weighted by molar-refractivity contribution is -0.384. The summed E-state index contributed by atoms with van der Waals surface area (Å²) in [6.07, 6.45) is 0. The molecule has 8 nitrogen and oxygen atoms in total. The third-order valence-corrected chi connectivity index (χ3v) is 5.90. The first kappa shape index (κ1) is 20.0. The molecule has 2 aromatic rings. The highest BCUT2D eigenvalue weighted by atomic mass is 79.9. The lowest BCUT2D eigenvalue weighted by atomic mass is 10.2. The zero-order valence-electron chi connectivity index (χ0n) is 14.0. The summed E-state index contributed by atoms with van der Waals surface area (Å²) in [5.74, 6) is -0.497. The number of amides is 1. The molecule has 0 saturated carbocycles. The Hall–Kier alpha value is -2.30. The number of hydrogen-bond acceptors (Lipinski definition) is 5. The maximum Gasteiger partial charge on any atom is 0.269 e. The van der Waals surface area contributed by atoms with Gasteiger partial charge < -0.3 is 5.32 Å². The number of aryl methyl sites for hydroxylation is 1. The van der Waals surface area contributed by atoms with Crippen molar-refractivity contribution in [1.29, 1.82) is 0 Å². The molecule has 0 saturated heterocycles. The molecule has 0 aliphatic carbocycles. The van der Waals surface area contributed by atoms with Crippen molar-refractivity contribution in [3.63, 3.8) is 0 Å². The Morgan fingerprint density at radius 1 is 1.23 bits per heavy atom. The van der Waals surface area contributed by atoms with Crippen molar-refractivity contribution in [3.05, 3.63) is 62.6 Å². The number of nitrogens with one attached hydrogen (secondary N) is 1. The SMILES string of the molecule is Cc1cc(Br)ccc1NC(=O)CN(C)S(=O)(=O)c1ccc([N+](=O)[O-])cc1. The van der Waals surface area contributed by atoms with Gasteiger partial charge >= 0.3 is 0 Å². The van der Waals surface area contributed by atoms with Crippen LogP contribution in [-0.4, -0.2) is 37.1 Å². The van der Waals surface area contributed by atoms with Crippen molar-refractivity contribution >= 4 is 43.2 Å². The molecule has 2 aromatic carbocycles. The quantitative estimate of drug-likeness (QED) is 0.547. The summed E-state index contributed by atoms with van der Waals surface area (Å²) in [7, 11) is -2.67. The van der Waals surface area contributed by atoms with Crippen LogP contribution in [0.3, 0.4) is 0 Å². The third-order valence-electron chi connectivity index (χ3n) is 3.58. The van der Waals surface area contributed by atoms with Crippen LogP contribution in [0.15, 0.2) is 51.8 Å². The van der Waals surface area contributed by atoms with Gasteiger partial charge in [-0.3, -0.25) is 14.9 Å². The number of likely N-dealkylation sites (N-methyl/N-ethyl adjacent to an activating group) is 1. The molecule has 0 bridgehead atoms. The van der Waals surface area contributed by atoms with Crippen LogP contribution in [0, 0.1) is 17.0 Å². The number of carbonyl (C=O) groups is 1. The minimum absolute atomic E-state index is 0.127. The molecule has 1 N–H and O–H groups in total. The van der Waals surface area contributed by atoms with E-state index in [0.717, 1.165) is 38.6 Å². The van der Waals surface area contributed by atoms with Crippen LogP contribution in [0.25, 0.3) is 0 Å². The van der Waals surface area contributed by atoms with E-state index in [1.807, 2.05) is 13.0 Å². The summed E-state index contributed by atoms with van der Waals surface area (Å²) >= 11 is 3.33. The molecule has 2 rings (SSSR count). The van der Waals surface area contributed by atoms with E-state index in [2.05, 4.69) is 21.2 Å². The summed E-state index contributed by atoms with van der Waals surface area (Å²) in [6.45, 7) is 1.42. The smallest absolute Gasteiger partial charge is 0.269 e. The van der Waals surface area contributed by atoms with Crippen LogP contribution < -0.4 is 5.32 Å². The van der Waals surface area contributed by atoms with Crippen LogP contribution in [0.1, 0.15) is 5.56 Å². The van der Waals surface area contributed by atoms with E-state index >= 15 is 0 Å². The van der Waals surface area contributed by atoms with Crippen molar-refractivity contribution in [2.45, 2.75) is 11.8 Å². The normalized spacial score (nSPS) is 11.4. The van der Waals surface area contributed by atoms with Gasteiger partial charge in [-0.25, -0.2) is 8.42 Å². The second-order valence-corrected chi connectivity index (χ2v) is 8.48. The number of benzene rings is 2. The van der Waals surface area contributed by atoms with Crippen molar-refractivity contribution < 1.29 is 18.1 Å². The molecule has 0 fully saturated rings. The maximum absolute atomic E-state index is 12.5. The molecule has 0 spiro atoms. The van der Waals surface area contributed by atoms with E-state index in [4.69, 9.17) is 0 Å². The number of nitro groups is 1. The highest BCUT2D eigenvalue weighted by Crippen LogP contribution is 2.21. The second-order valence-electron chi connectivity index (χ2n) is 5.52. The lowest BCUT2D eigenvalue weighted by Gasteiger charge is -2.17. The maximum atomic E-state index is 12.5. The van der Waals surface area contributed by atoms with Crippen LogP contribution in [0.5, 0.6) is 0 Å². The molecule has 0 atom stereocenters. The predicted octanol–water partition coefficient (Wildman–Crippen LogP) is 2.92. The fraction of sp³-hybridized carbons (Fsp3) is 0.188. The van der Waals surface area contributed by atoms with Gasteiger partial charge in [-0.2, -0.15) is 4.31 Å². The predicted molar refractivity (Wildman–Crippen MR) is 100 cm³/mol. The minimum Gasteiger partial charge on any atom is -0.325 e. The second kappa shape index (κ2) is 7.94. The molecule has 0 aromatic heterocycles. The van der Waals surface area contributed by atoms with E-state index in [1.54, 1.807) is 12.1 Å². The highest BCUT2D eigenvalue weighted by molar-refractivity contribution is 9.10. The van der Waals surface area contributed by atoms with Crippen LogP contribution >= 0.6 is 15.9 Å². The first-order chi connectivity index (χ1) is 12.1. The van der Waals surface area contributed by atoms with Crippen molar-refractivity contribution in [2.24, 2.45) is 0 Å². The zero-order chi connectivity index (χ0) is 19.5. The van der Waals surface area contributed by atoms with Crippen molar-refractivity contribution in [3.8, 4) is 0 Å². The Labute approximate surface area is 159 Å². The Bertz CT molecular complexity index is 945. The third kappa shape index (κ3) is 4.65. The molecule has 0 aliphatic rings.